The van der Waals surface area contributed by atoms with Crippen LogP contribution in [-0.4, -0.2) is 41.8 Å². The van der Waals surface area contributed by atoms with E-state index in [0.717, 1.165) is 5.56 Å². The Hall–Kier alpha value is -2.08. The number of carboxylic acid groups (broad SMARTS) is 2. The monoisotopic (exact) mass is 279 g/mol. The summed E-state index contributed by atoms with van der Waals surface area (Å²) in [5.74, 6) is -2.05. The van der Waals surface area contributed by atoms with Gasteiger partial charge in [-0.3, -0.25) is 9.59 Å². The number of methoxy groups -OCH3 is 1. The fraction of sp³-hybridized carbons (Fsp3) is 0.429. The summed E-state index contributed by atoms with van der Waals surface area (Å²) in [6.07, 6.45) is -0.188. The minimum atomic E-state index is -1.02. The van der Waals surface area contributed by atoms with E-state index in [0.29, 0.717) is 12.3 Å². The number of ether oxygens (including phenoxy) is 1. The fourth-order valence-electron chi connectivity index (χ4n) is 2.83. The lowest BCUT2D eigenvalue weighted by Crippen LogP contribution is -2.36. The van der Waals surface area contributed by atoms with Crippen LogP contribution >= 0.6 is 0 Å². The second-order valence-corrected chi connectivity index (χ2v) is 4.83. The first-order chi connectivity index (χ1) is 9.54. The third kappa shape index (κ3) is 2.75. The minimum Gasteiger partial charge on any atom is -0.496 e. The van der Waals surface area contributed by atoms with Crippen LogP contribution < -0.4 is 10.1 Å². The molecule has 0 aromatic heterocycles. The van der Waals surface area contributed by atoms with Gasteiger partial charge in [0, 0.05) is 18.4 Å². The van der Waals surface area contributed by atoms with E-state index >= 15 is 0 Å². The van der Waals surface area contributed by atoms with Gasteiger partial charge in [0.15, 0.2) is 0 Å². The van der Waals surface area contributed by atoms with Crippen LogP contribution in [-0.2, 0) is 9.59 Å². The Morgan fingerprint density at radius 3 is 2.65 bits per heavy atom. The molecular formula is C14H17NO5. The van der Waals surface area contributed by atoms with Crippen molar-refractivity contribution in [2.24, 2.45) is 5.92 Å². The van der Waals surface area contributed by atoms with Crippen molar-refractivity contribution in [1.82, 2.24) is 5.32 Å². The first kappa shape index (κ1) is 14.3. The Labute approximate surface area is 116 Å². The largest absolute Gasteiger partial charge is 0.496 e. The summed E-state index contributed by atoms with van der Waals surface area (Å²) < 4.78 is 5.28. The zero-order chi connectivity index (χ0) is 14.7. The van der Waals surface area contributed by atoms with Crippen molar-refractivity contribution in [3.63, 3.8) is 0 Å². The summed E-state index contributed by atoms with van der Waals surface area (Å²) in [7, 11) is 1.54. The average Bonchev–Trinajstić information content (AvgIpc) is 2.81. The van der Waals surface area contributed by atoms with Crippen molar-refractivity contribution in [3.05, 3.63) is 29.8 Å². The van der Waals surface area contributed by atoms with E-state index in [9.17, 15) is 14.7 Å². The highest BCUT2D eigenvalue weighted by atomic mass is 16.5. The van der Waals surface area contributed by atoms with E-state index < -0.39 is 23.9 Å². The molecule has 0 spiro atoms. The van der Waals surface area contributed by atoms with Crippen molar-refractivity contribution in [3.8, 4) is 5.75 Å². The van der Waals surface area contributed by atoms with Crippen LogP contribution in [0.5, 0.6) is 5.75 Å². The van der Waals surface area contributed by atoms with Crippen molar-refractivity contribution >= 4 is 11.9 Å². The third-order valence-corrected chi connectivity index (χ3v) is 3.72. The molecule has 108 valence electrons. The number of rotatable bonds is 5. The Morgan fingerprint density at radius 2 is 2.05 bits per heavy atom. The topological polar surface area (TPSA) is 95.9 Å². The third-order valence-electron chi connectivity index (χ3n) is 3.72. The van der Waals surface area contributed by atoms with Gasteiger partial charge in [0.1, 0.15) is 11.8 Å². The van der Waals surface area contributed by atoms with E-state index in [4.69, 9.17) is 9.84 Å². The standard InChI is InChI=1S/C14H17NO5/c1-20-11-5-3-2-4-8(11)10-7-15-13(14(18)19)9(10)6-12(16)17/h2-5,9-10,13,15H,6-7H2,1H3,(H,16,17)(H,18,19)/t9-,10-,13+/m1/s1. The Balaban J connectivity index is 2.34. The SMILES string of the molecule is COc1ccccc1[C@H]1CN[C@H](C(=O)O)[C@@H]1CC(=O)O. The molecular weight excluding hydrogens is 262 g/mol. The minimum absolute atomic E-state index is 0.188. The summed E-state index contributed by atoms with van der Waals surface area (Å²) in [6.45, 7) is 0.426. The summed E-state index contributed by atoms with van der Waals surface area (Å²) in [5, 5.41) is 21.1. The molecule has 2 rings (SSSR count). The summed E-state index contributed by atoms with van der Waals surface area (Å²) in [6, 6.07) is 6.46. The number of hydrogen-bond acceptors (Lipinski definition) is 4. The predicted octanol–water partition coefficient (Wildman–Crippen LogP) is 0.926. The molecule has 0 bridgehead atoms. The van der Waals surface area contributed by atoms with Crippen LogP contribution in [0, 0.1) is 5.92 Å². The van der Waals surface area contributed by atoms with Crippen molar-refractivity contribution in [1.29, 1.82) is 0 Å². The number of para-hydroxylation sites is 1. The van der Waals surface area contributed by atoms with E-state index in [1.807, 2.05) is 18.2 Å². The van der Waals surface area contributed by atoms with Crippen LogP contribution in [0.15, 0.2) is 24.3 Å². The maximum absolute atomic E-state index is 11.2. The number of hydrogen-bond donors (Lipinski definition) is 3. The molecule has 1 aromatic carbocycles. The second kappa shape index (κ2) is 5.92. The number of aliphatic carboxylic acids is 2. The maximum atomic E-state index is 11.2. The van der Waals surface area contributed by atoms with Crippen LogP contribution in [0.3, 0.4) is 0 Å². The van der Waals surface area contributed by atoms with Gasteiger partial charge in [0.25, 0.3) is 0 Å². The van der Waals surface area contributed by atoms with E-state index in [2.05, 4.69) is 5.32 Å². The van der Waals surface area contributed by atoms with Crippen molar-refractivity contribution in [2.75, 3.05) is 13.7 Å². The summed E-state index contributed by atoms with van der Waals surface area (Å²) in [4.78, 5) is 22.2. The highest BCUT2D eigenvalue weighted by Gasteiger charge is 2.42. The summed E-state index contributed by atoms with van der Waals surface area (Å²) >= 11 is 0. The van der Waals surface area contributed by atoms with Gasteiger partial charge in [0.05, 0.1) is 13.5 Å². The predicted molar refractivity (Wildman–Crippen MR) is 70.9 cm³/mol. The number of nitrogens with one attached hydrogen (secondary N) is 1. The zero-order valence-corrected chi connectivity index (χ0v) is 11.1. The molecule has 0 aliphatic carbocycles. The Morgan fingerprint density at radius 1 is 1.35 bits per heavy atom. The van der Waals surface area contributed by atoms with Crippen LogP contribution in [0.2, 0.25) is 0 Å². The lowest BCUT2D eigenvalue weighted by molar-refractivity contribution is -0.142. The zero-order valence-electron chi connectivity index (χ0n) is 11.1. The quantitative estimate of drug-likeness (QED) is 0.742. The Bertz CT molecular complexity index is 516. The second-order valence-electron chi connectivity index (χ2n) is 4.83. The first-order valence-electron chi connectivity index (χ1n) is 6.35. The van der Waals surface area contributed by atoms with Crippen LogP contribution in [0.1, 0.15) is 17.9 Å². The molecule has 1 aromatic rings. The molecule has 0 unspecified atom stereocenters. The van der Waals surface area contributed by atoms with Gasteiger partial charge < -0.3 is 20.3 Å². The maximum Gasteiger partial charge on any atom is 0.321 e. The van der Waals surface area contributed by atoms with Gasteiger partial charge in [-0.25, -0.2) is 0 Å². The van der Waals surface area contributed by atoms with Gasteiger partial charge >= 0.3 is 11.9 Å². The Kier molecular flexibility index (Phi) is 4.24. The number of carboxylic acids is 2. The number of benzene rings is 1. The van der Waals surface area contributed by atoms with Gasteiger partial charge in [-0.05, 0) is 11.6 Å². The summed E-state index contributed by atoms with van der Waals surface area (Å²) in [5.41, 5.74) is 0.845. The lowest BCUT2D eigenvalue weighted by atomic mass is 9.82. The van der Waals surface area contributed by atoms with Gasteiger partial charge in [0.2, 0.25) is 0 Å². The highest BCUT2D eigenvalue weighted by Crippen LogP contribution is 2.38. The molecule has 1 fully saturated rings. The molecule has 3 atom stereocenters. The molecule has 0 radical (unpaired) electrons. The van der Waals surface area contributed by atoms with E-state index in [1.165, 1.54) is 0 Å². The molecule has 1 saturated heterocycles. The molecule has 6 nitrogen and oxygen atoms in total. The van der Waals surface area contributed by atoms with Crippen LogP contribution in [0.25, 0.3) is 0 Å². The van der Waals surface area contributed by atoms with E-state index in [1.54, 1.807) is 13.2 Å². The van der Waals surface area contributed by atoms with Gasteiger partial charge in [-0.1, -0.05) is 18.2 Å². The molecule has 20 heavy (non-hydrogen) atoms. The lowest BCUT2D eigenvalue weighted by Gasteiger charge is -2.22. The normalized spacial score (nSPS) is 25.4. The van der Waals surface area contributed by atoms with Gasteiger partial charge in [-0.2, -0.15) is 0 Å². The average molecular weight is 279 g/mol. The molecule has 1 aliphatic heterocycles. The van der Waals surface area contributed by atoms with Gasteiger partial charge in [-0.15, -0.1) is 0 Å². The number of carbonyl (C=O) groups is 2. The molecule has 3 N–H and O–H groups in total. The molecule has 6 heteroatoms. The molecule has 1 aliphatic rings. The molecule has 1 heterocycles. The smallest absolute Gasteiger partial charge is 0.321 e. The molecule has 0 amide bonds. The highest BCUT2D eigenvalue weighted by molar-refractivity contribution is 5.77. The molecule has 0 saturated carbocycles. The van der Waals surface area contributed by atoms with Crippen LogP contribution in [0.4, 0.5) is 0 Å². The fourth-order valence-corrected chi connectivity index (χ4v) is 2.83. The van der Waals surface area contributed by atoms with Crippen molar-refractivity contribution in [2.45, 2.75) is 18.4 Å². The first-order valence-corrected chi connectivity index (χ1v) is 6.35. The van der Waals surface area contributed by atoms with Crippen molar-refractivity contribution < 1.29 is 24.5 Å². The van der Waals surface area contributed by atoms with E-state index in [-0.39, 0.29) is 12.3 Å².